The molecule has 16 heavy (non-hydrogen) atoms. The van der Waals surface area contributed by atoms with Crippen LogP contribution in [-0.2, 0) is 14.8 Å². The van der Waals surface area contributed by atoms with E-state index in [1.54, 1.807) is 20.8 Å². The van der Waals surface area contributed by atoms with E-state index in [1.807, 2.05) is 0 Å². The lowest BCUT2D eigenvalue weighted by Crippen LogP contribution is -2.51. The quantitative estimate of drug-likeness (QED) is 0.573. The van der Waals surface area contributed by atoms with Crippen LogP contribution in [0.15, 0.2) is 0 Å². The number of carbonyl (C=O) groups excluding carboxylic acids is 1. The van der Waals surface area contributed by atoms with Crippen molar-refractivity contribution >= 4 is 15.9 Å². The van der Waals surface area contributed by atoms with Crippen LogP contribution in [0.5, 0.6) is 0 Å². The number of hydrogen-bond donors (Lipinski definition) is 3. The molecule has 0 bridgehead atoms. The molecule has 0 saturated carbocycles. The van der Waals surface area contributed by atoms with Crippen LogP contribution >= 0.6 is 0 Å². The highest BCUT2D eigenvalue weighted by molar-refractivity contribution is 7.88. The Balaban J connectivity index is 4.14. The van der Waals surface area contributed by atoms with Gasteiger partial charge in [0.1, 0.15) is 0 Å². The summed E-state index contributed by atoms with van der Waals surface area (Å²) < 4.78 is 24.5. The van der Waals surface area contributed by atoms with E-state index in [-0.39, 0.29) is 24.9 Å². The predicted molar refractivity (Wildman–Crippen MR) is 63.3 cm³/mol. The molecule has 96 valence electrons. The van der Waals surface area contributed by atoms with Crippen molar-refractivity contribution in [2.45, 2.75) is 38.8 Å². The summed E-state index contributed by atoms with van der Waals surface area (Å²) in [6.07, 6.45) is 1.31. The fraction of sp³-hybridized carbons (Fsp3) is 0.889. The highest BCUT2D eigenvalue weighted by Gasteiger charge is 2.22. The van der Waals surface area contributed by atoms with Gasteiger partial charge < -0.3 is 11.1 Å². The topological polar surface area (TPSA) is 101 Å². The Bertz CT molecular complexity index is 336. The minimum atomic E-state index is -3.28. The van der Waals surface area contributed by atoms with Gasteiger partial charge in [0.25, 0.3) is 0 Å². The third kappa shape index (κ3) is 8.63. The zero-order valence-electron chi connectivity index (χ0n) is 10.2. The molecule has 0 saturated heterocycles. The van der Waals surface area contributed by atoms with Crippen molar-refractivity contribution in [2.75, 3.05) is 12.8 Å². The van der Waals surface area contributed by atoms with Gasteiger partial charge in [-0.3, -0.25) is 4.79 Å². The number of rotatable bonds is 6. The van der Waals surface area contributed by atoms with Gasteiger partial charge in [-0.05, 0) is 20.8 Å². The molecule has 0 aromatic rings. The minimum absolute atomic E-state index is 0.182. The Morgan fingerprint density at radius 2 is 1.94 bits per heavy atom. The first-order chi connectivity index (χ1) is 7.02. The summed E-state index contributed by atoms with van der Waals surface area (Å²) in [5, 5.41) is 2.63. The molecule has 0 rings (SSSR count). The second-order valence-corrected chi connectivity index (χ2v) is 6.46. The predicted octanol–water partition coefficient (Wildman–Crippen LogP) is -0.832. The fourth-order valence-electron chi connectivity index (χ4n) is 1.22. The summed E-state index contributed by atoms with van der Waals surface area (Å²) in [5.41, 5.74) is 4.75. The lowest BCUT2D eigenvalue weighted by Gasteiger charge is -2.25. The molecule has 0 fully saturated rings. The first kappa shape index (κ1) is 15.3. The number of nitrogens with two attached hydrogens (primary N) is 1. The molecule has 1 atom stereocenters. The maximum Gasteiger partial charge on any atom is 0.221 e. The summed E-state index contributed by atoms with van der Waals surface area (Å²) in [4.78, 5) is 11.3. The highest BCUT2D eigenvalue weighted by Crippen LogP contribution is 2.02. The molecule has 7 heteroatoms. The molecule has 0 heterocycles. The van der Waals surface area contributed by atoms with E-state index < -0.39 is 15.6 Å². The van der Waals surface area contributed by atoms with E-state index in [9.17, 15) is 13.2 Å². The summed E-state index contributed by atoms with van der Waals surface area (Å²) >= 11 is 0. The summed E-state index contributed by atoms with van der Waals surface area (Å²) in [7, 11) is -3.28. The Morgan fingerprint density at radius 3 is 2.31 bits per heavy atom. The first-order valence-corrected chi connectivity index (χ1v) is 6.92. The summed E-state index contributed by atoms with van der Waals surface area (Å²) in [6.45, 7) is 5.35. The molecule has 0 aliphatic carbocycles. The smallest absolute Gasteiger partial charge is 0.221 e. The van der Waals surface area contributed by atoms with E-state index in [0.29, 0.717) is 0 Å². The lowest BCUT2D eigenvalue weighted by molar-refractivity contribution is -0.121. The second-order valence-electron chi connectivity index (χ2n) is 4.72. The van der Waals surface area contributed by atoms with Crippen LogP contribution in [-0.4, -0.2) is 38.7 Å². The van der Waals surface area contributed by atoms with Crippen LogP contribution < -0.4 is 15.8 Å². The SMILES string of the molecule is CC(N)CC(=O)NCC(C)(C)NS(C)(=O)=O. The maximum absolute atomic E-state index is 11.3. The van der Waals surface area contributed by atoms with E-state index in [1.165, 1.54) is 0 Å². The van der Waals surface area contributed by atoms with Crippen LogP contribution in [0.1, 0.15) is 27.2 Å². The van der Waals surface area contributed by atoms with Crippen molar-refractivity contribution in [3.63, 3.8) is 0 Å². The second kappa shape index (κ2) is 5.60. The van der Waals surface area contributed by atoms with Crippen molar-refractivity contribution in [3.05, 3.63) is 0 Å². The van der Waals surface area contributed by atoms with Crippen molar-refractivity contribution in [2.24, 2.45) is 5.73 Å². The third-order valence-electron chi connectivity index (χ3n) is 1.70. The highest BCUT2D eigenvalue weighted by atomic mass is 32.2. The fourth-order valence-corrected chi connectivity index (χ4v) is 2.30. The van der Waals surface area contributed by atoms with Gasteiger partial charge in [0.05, 0.1) is 6.26 Å². The van der Waals surface area contributed by atoms with E-state index >= 15 is 0 Å². The molecule has 0 aliphatic heterocycles. The van der Waals surface area contributed by atoms with Gasteiger partial charge in [0, 0.05) is 24.5 Å². The number of sulfonamides is 1. The zero-order valence-corrected chi connectivity index (χ0v) is 11.0. The zero-order chi connectivity index (χ0) is 13.0. The average Bonchev–Trinajstić information content (AvgIpc) is 1.95. The van der Waals surface area contributed by atoms with Gasteiger partial charge in [-0.15, -0.1) is 0 Å². The summed E-state index contributed by atoms with van der Waals surface area (Å²) in [5.74, 6) is -0.182. The molecule has 0 spiro atoms. The van der Waals surface area contributed by atoms with Gasteiger partial charge in [0.15, 0.2) is 0 Å². The van der Waals surface area contributed by atoms with Crippen molar-refractivity contribution < 1.29 is 13.2 Å². The van der Waals surface area contributed by atoms with Gasteiger partial charge >= 0.3 is 0 Å². The average molecular weight is 251 g/mol. The first-order valence-electron chi connectivity index (χ1n) is 5.03. The van der Waals surface area contributed by atoms with Crippen molar-refractivity contribution in [1.82, 2.24) is 10.0 Å². The van der Waals surface area contributed by atoms with Gasteiger partial charge in [-0.25, -0.2) is 13.1 Å². The third-order valence-corrected chi connectivity index (χ3v) is 2.62. The number of carbonyl (C=O) groups is 1. The molecule has 1 unspecified atom stereocenters. The molecule has 0 radical (unpaired) electrons. The monoisotopic (exact) mass is 251 g/mol. The Kier molecular flexibility index (Phi) is 5.37. The Hall–Kier alpha value is -0.660. The Labute approximate surface area is 97.0 Å². The lowest BCUT2D eigenvalue weighted by atomic mass is 10.1. The van der Waals surface area contributed by atoms with Crippen LogP contribution in [0.4, 0.5) is 0 Å². The van der Waals surface area contributed by atoms with Crippen molar-refractivity contribution in [1.29, 1.82) is 0 Å². The summed E-state index contributed by atoms with van der Waals surface area (Å²) in [6, 6.07) is -0.203. The van der Waals surface area contributed by atoms with Crippen molar-refractivity contribution in [3.8, 4) is 0 Å². The molecule has 4 N–H and O–H groups in total. The number of nitrogens with one attached hydrogen (secondary N) is 2. The standard InChI is InChI=1S/C9H21N3O3S/c1-7(10)5-8(13)11-6-9(2,3)12-16(4,14)15/h7,12H,5-6,10H2,1-4H3,(H,11,13). The number of hydrogen-bond acceptors (Lipinski definition) is 4. The Morgan fingerprint density at radius 1 is 1.44 bits per heavy atom. The van der Waals surface area contributed by atoms with Gasteiger partial charge in [-0.2, -0.15) is 0 Å². The maximum atomic E-state index is 11.3. The van der Waals surface area contributed by atoms with E-state index in [0.717, 1.165) is 6.26 Å². The molecule has 0 aromatic carbocycles. The molecule has 0 aromatic heterocycles. The molecular weight excluding hydrogens is 230 g/mol. The molecule has 1 amide bonds. The van der Waals surface area contributed by atoms with Gasteiger partial charge in [0.2, 0.25) is 15.9 Å². The minimum Gasteiger partial charge on any atom is -0.354 e. The van der Waals surface area contributed by atoms with Crippen LogP contribution in [0.3, 0.4) is 0 Å². The van der Waals surface area contributed by atoms with Gasteiger partial charge in [-0.1, -0.05) is 0 Å². The van der Waals surface area contributed by atoms with E-state index in [4.69, 9.17) is 5.73 Å². The van der Waals surface area contributed by atoms with Crippen LogP contribution in [0.2, 0.25) is 0 Å². The largest absolute Gasteiger partial charge is 0.354 e. The normalized spacial score (nSPS) is 14.6. The molecule has 0 aliphatic rings. The van der Waals surface area contributed by atoms with Crippen LogP contribution in [0.25, 0.3) is 0 Å². The molecule has 6 nitrogen and oxygen atoms in total. The molecular formula is C9H21N3O3S. The number of amides is 1. The van der Waals surface area contributed by atoms with E-state index in [2.05, 4.69) is 10.0 Å². The van der Waals surface area contributed by atoms with Crippen LogP contribution in [0, 0.1) is 0 Å².